The lowest BCUT2D eigenvalue weighted by atomic mass is 9.81. The SMILES string of the molecule is CC.CC(C(=O)N/C(N)=N/N)C(C)(C)C. The molecular weight excluding hydrogens is 192 g/mol. The van der Waals surface area contributed by atoms with Crippen LogP contribution in [0.15, 0.2) is 5.10 Å². The highest BCUT2D eigenvalue weighted by atomic mass is 16.2. The smallest absolute Gasteiger partial charge is 0.230 e. The second kappa shape index (κ2) is 7.09. The van der Waals surface area contributed by atoms with E-state index in [0.717, 1.165) is 0 Å². The molecule has 0 radical (unpaired) electrons. The summed E-state index contributed by atoms with van der Waals surface area (Å²) in [4.78, 5) is 11.4. The minimum absolute atomic E-state index is 0.0545. The molecule has 1 atom stereocenters. The topological polar surface area (TPSA) is 93.5 Å². The zero-order chi connectivity index (χ0) is 12.6. The largest absolute Gasteiger partial charge is 0.368 e. The van der Waals surface area contributed by atoms with E-state index in [1.807, 2.05) is 41.5 Å². The maximum absolute atomic E-state index is 11.4. The van der Waals surface area contributed by atoms with E-state index in [2.05, 4.69) is 10.4 Å². The second-order valence-corrected chi connectivity index (χ2v) is 4.09. The van der Waals surface area contributed by atoms with E-state index in [1.165, 1.54) is 0 Å². The molecule has 0 saturated heterocycles. The molecule has 15 heavy (non-hydrogen) atoms. The molecule has 5 N–H and O–H groups in total. The highest BCUT2D eigenvalue weighted by Gasteiger charge is 2.26. The van der Waals surface area contributed by atoms with Crippen LogP contribution < -0.4 is 16.9 Å². The normalized spacial score (nSPS) is 13.6. The predicted molar refractivity (Wildman–Crippen MR) is 63.9 cm³/mol. The fraction of sp³-hybridized carbons (Fsp3) is 0.800. The summed E-state index contributed by atoms with van der Waals surface area (Å²) in [5, 5.41) is 5.56. The molecule has 0 aromatic heterocycles. The van der Waals surface area contributed by atoms with Crippen LogP contribution in [0.25, 0.3) is 0 Å². The summed E-state index contributed by atoms with van der Waals surface area (Å²) in [5.41, 5.74) is 5.15. The standard InChI is InChI=1S/C8H18N4O.C2H6/c1-5(8(2,3)4)6(13)11-7(9)12-10;1-2/h5H,10H2,1-4H3,(H3,9,11,12,13);1-2H3. The number of hydrogen-bond acceptors (Lipinski definition) is 3. The van der Waals surface area contributed by atoms with Crippen LogP contribution in [0, 0.1) is 11.3 Å². The van der Waals surface area contributed by atoms with Gasteiger partial charge in [-0.05, 0) is 5.41 Å². The Bertz CT molecular complexity index is 218. The summed E-state index contributed by atoms with van der Waals surface area (Å²) in [6, 6.07) is 0. The predicted octanol–water partition coefficient (Wildman–Crippen LogP) is 0.999. The third kappa shape index (κ3) is 6.76. The zero-order valence-electron chi connectivity index (χ0n) is 10.6. The maximum Gasteiger partial charge on any atom is 0.230 e. The van der Waals surface area contributed by atoms with Crippen molar-refractivity contribution in [1.82, 2.24) is 5.32 Å². The van der Waals surface area contributed by atoms with E-state index in [1.54, 1.807) is 0 Å². The Morgan fingerprint density at radius 2 is 1.73 bits per heavy atom. The Hall–Kier alpha value is -1.26. The number of guanidine groups is 1. The van der Waals surface area contributed by atoms with Crippen molar-refractivity contribution >= 4 is 11.9 Å². The van der Waals surface area contributed by atoms with Gasteiger partial charge in [-0.1, -0.05) is 41.5 Å². The number of amides is 1. The van der Waals surface area contributed by atoms with Crippen molar-refractivity contribution in [3.05, 3.63) is 0 Å². The van der Waals surface area contributed by atoms with Gasteiger partial charge in [-0.2, -0.15) is 0 Å². The van der Waals surface area contributed by atoms with Gasteiger partial charge < -0.3 is 11.6 Å². The molecule has 0 rings (SSSR count). The van der Waals surface area contributed by atoms with E-state index in [0.29, 0.717) is 0 Å². The monoisotopic (exact) mass is 216 g/mol. The minimum Gasteiger partial charge on any atom is -0.368 e. The molecule has 1 amide bonds. The summed E-state index contributed by atoms with van der Waals surface area (Å²) in [6.07, 6.45) is 0. The Balaban J connectivity index is 0. The average molecular weight is 216 g/mol. The van der Waals surface area contributed by atoms with Gasteiger partial charge in [-0.25, -0.2) is 0 Å². The third-order valence-electron chi connectivity index (χ3n) is 2.08. The summed E-state index contributed by atoms with van der Waals surface area (Å²) < 4.78 is 0. The highest BCUT2D eigenvalue weighted by Crippen LogP contribution is 2.24. The van der Waals surface area contributed by atoms with Crippen molar-refractivity contribution in [3.8, 4) is 0 Å². The van der Waals surface area contributed by atoms with Crippen LogP contribution in [0.1, 0.15) is 41.5 Å². The lowest BCUT2D eigenvalue weighted by Crippen LogP contribution is -2.43. The van der Waals surface area contributed by atoms with Crippen LogP contribution in [0.5, 0.6) is 0 Å². The van der Waals surface area contributed by atoms with Crippen molar-refractivity contribution in [3.63, 3.8) is 0 Å². The molecule has 0 aliphatic heterocycles. The average Bonchev–Trinajstić information content (AvgIpc) is 2.18. The molecule has 0 heterocycles. The highest BCUT2D eigenvalue weighted by molar-refractivity contribution is 5.97. The molecule has 0 saturated carbocycles. The third-order valence-corrected chi connectivity index (χ3v) is 2.08. The van der Waals surface area contributed by atoms with Crippen LogP contribution in [-0.2, 0) is 4.79 Å². The molecule has 0 fully saturated rings. The molecule has 90 valence electrons. The van der Waals surface area contributed by atoms with Gasteiger partial charge in [0.2, 0.25) is 11.9 Å². The lowest BCUT2D eigenvalue weighted by molar-refractivity contribution is -0.126. The summed E-state index contributed by atoms with van der Waals surface area (Å²) >= 11 is 0. The quantitative estimate of drug-likeness (QED) is 0.264. The fourth-order valence-electron chi connectivity index (χ4n) is 0.660. The zero-order valence-corrected chi connectivity index (χ0v) is 10.6. The number of hydrazone groups is 1. The summed E-state index contributed by atoms with van der Waals surface area (Å²) in [5.74, 6) is 4.51. The van der Waals surface area contributed by atoms with Gasteiger partial charge in [0.25, 0.3) is 0 Å². The summed E-state index contributed by atoms with van der Waals surface area (Å²) in [7, 11) is 0. The van der Waals surface area contributed by atoms with E-state index < -0.39 is 0 Å². The van der Waals surface area contributed by atoms with E-state index >= 15 is 0 Å². The Kier molecular flexibility index (Phi) is 7.65. The summed E-state index contributed by atoms with van der Waals surface area (Å²) in [6.45, 7) is 11.8. The Morgan fingerprint density at radius 1 is 1.33 bits per heavy atom. The molecule has 0 aromatic rings. The Labute approximate surface area is 92.3 Å². The van der Waals surface area contributed by atoms with Crippen LogP contribution in [0.4, 0.5) is 0 Å². The molecule has 0 aliphatic carbocycles. The molecule has 0 spiro atoms. The van der Waals surface area contributed by atoms with Crippen LogP contribution in [-0.4, -0.2) is 11.9 Å². The molecule has 1 unspecified atom stereocenters. The number of nitrogens with one attached hydrogen (secondary N) is 1. The molecule has 0 aromatic carbocycles. The van der Waals surface area contributed by atoms with Crippen LogP contribution >= 0.6 is 0 Å². The van der Waals surface area contributed by atoms with Crippen molar-refractivity contribution in [2.75, 3.05) is 0 Å². The van der Waals surface area contributed by atoms with Gasteiger partial charge in [0.15, 0.2) is 0 Å². The lowest BCUT2D eigenvalue weighted by Gasteiger charge is -2.25. The number of hydrogen-bond donors (Lipinski definition) is 3. The Morgan fingerprint density at radius 3 is 2.00 bits per heavy atom. The van der Waals surface area contributed by atoms with Crippen molar-refractivity contribution in [2.24, 2.45) is 28.0 Å². The molecule has 0 aliphatic rings. The van der Waals surface area contributed by atoms with Gasteiger partial charge in [-0.15, -0.1) is 5.10 Å². The van der Waals surface area contributed by atoms with Gasteiger partial charge in [0.05, 0.1) is 0 Å². The van der Waals surface area contributed by atoms with E-state index in [9.17, 15) is 4.79 Å². The van der Waals surface area contributed by atoms with Gasteiger partial charge in [-0.3, -0.25) is 10.1 Å². The van der Waals surface area contributed by atoms with Gasteiger partial charge in [0.1, 0.15) is 0 Å². The first-order valence-electron chi connectivity index (χ1n) is 5.13. The first-order valence-corrected chi connectivity index (χ1v) is 5.13. The van der Waals surface area contributed by atoms with E-state index in [-0.39, 0.29) is 23.2 Å². The number of rotatable bonds is 1. The van der Waals surface area contributed by atoms with Gasteiger partial charge in [0, 0.05) is 5.92 Å². The van der Waals surface area contributed by atoms with Crippen molar-refractivity contribution < 1.29 is 4.79 Å². The second-order valence-electron chi connectivity index (χ2n) is 4.09. The number of nitrogens with zero attached hydrogens (tertiary/aromatic N) is 1. The number of nitrogens with two attached hydrogens (primary N) is 2. The van der Waals surface area contributed by atoms with Crippen molar-refractivity contribution in [1.29, 1.82) is 0 Å². The van der Waals surface area contributed by atoms with Crippen LogP contribution in [0.2, 0.25) is 0 Å². The first-order chi connectivity index (χ1) is 6.79. The molecule has 0 bridgehead atoms. The van der Waals surface area contributed by atoms with E-state index in [4.69, 9.17) is 11.6 Å². The number of carbonyl (C=O) groups is 1. The first kappa shape index (κ1) is 16.2. The molecule has 5 heteroatoms. The molecule has 5 nitrogen and oxygen atoms in total. The van der Waals surface area contributed by atoms with Crippen LogP contribution in [0.3, 0.4) is 0 Å². The molecular formula is C10H24N4O. The minimum atomic E-state index is -0.167. The maximum atomic E-state index is 11.4. The fourth-order valence-corrected chi connectivity index (χ4v) is 0.660. The number of carbonyl (C=O) groups excluding carboxylic acids is 1. The van der Waals surface area contributed by atoms with Gasteiger partial charge >= 0.3 is 0 Å². The van der Waals surface area contributed by atoms with Crippen molar-refractivity contribution in [2.45, 2.75) is 41.5 Å².